The van der Waals surface area contributed by atoms with E-state index in [0.717, 1.165) is 12.4 Å². The number of carbonyl (C=O) groups is 1. The Morgan fingerprint density at radius 3 is 2.70 bits per heavy atom. The normalized spacial score (nSPS) is 14.1. The average molecular weight is 282 g/mol. The van der Waals surface area contributed by atoms with E-state index in [-0.39, 0.29) is 24.6 Å². The summed E-state index contributed by atoms with van der Waals surface area (Å²) >= 11 is 0. The number of rotatable bonds is 7. The highest BCUT2D eigenvalue weighted by Gasteiger charge is 2.14. The van der Waals surface area contributed by atoms with Crippen molar-refractivity contribution in [3.63, 3.8) is 0 Å². The smallest absolute Gasteiger partial charge is 0.315 e. The summed E-state index contributed by atoms with van der Waals surface area (Å²) in [5.41, 5.74) is 0. The molecular formula is C14H26N4O2. The van der Waals surface area contributed by atoms with Crippen molar-refractivity contribution in [2.75, 3.05) is 6.61 Å². The highest BCUT2D eigenvalue weighted by molar-refractivity contribution is 5.74. The number of amides is 2. The molecule has 0 saturated carbocycles. The van der Waals surface area contributed by atoms with Crippen molar-refractivity contribution in [2.45, 2.75) is 46.8 Å². The van der Waals surface area contributed by atoms with Crippen LogP contribution < -0.4 is 10.6 Å². The molecule has 2 unspecified atom stereocenters. The minimum atomic E-state index is -0.239. The summed E-state index contributed by atoms with van der Waals surface area (Å²) in [5, 5.41) is 14.6. The molecule has 2 amide bonds. The lowest BCUT2D eigenvalue weighted by atomic mass is 10.1. The third-order valence-corrected chi connectivity index (χ3v) is 3.27. The summed E-state index contributed by atoms with van der Waals surface area (Å²) in [6, 6.07) is -0.313. The maximum atomic E-state index is 11.8. The summed E-state index contributed by atoms with van der Waals surface area (Å²) in [4.78, 5) is 16.0. The zero-order valence-electron chi connectivity index (χ0n) is 12.8. The number of aromatic nitrogens is 2. The second-order valence-electron chi connectivity index (χ2n) is 5.67. The monoisotopic (exact) mass is 282 g/mol. The number of carbonyl (C=O) groups excluding carboxylic acids is 1. The van der Waals surface area contributed by atoms with Crippen LogP contribution in [0, 0.1) is 11.8 Å². The number of hydrogen-bond acceptors (Lipinski definition) is 3. The summed E-state index contributed by atoms with van der Waals surface area (Å²) in [5.74, 6) is 1.41. The van der Waals surface area contributed by atoms with Crippen LogP contribution in [0.5, 0.6) is 0 Å². The second-order valence-corrected chi connectivity index (χ2v) is 5.67. The van der Waals surface area contributed by atoms with Gasteiger partial charge in [0.15, 0.2) is 0 Å². The van der Waals surface area contributed by atoms with Gasteiger partial charge in [-0.25, -0.2) is 9.78 Å². The first kappa shape index (κ1) is 16.5. The van der Waals surface area contributed by atoms with Crippen molar-refractivity contribution < 1.29 is 9.90 Å². The molecular weight excluding hydrogens is 256 g/mol. The fourth-order valence-corrected chi connectivity index (χ4v) is 1.78. The molecule has 20 heavy (non-hydrogen) atoms. The highest BCUT2D eigenvalue weighted by atomic mass is 16.3. The van der Waals surface area contributed by atoms with Crippen molar-refractivity contribution in [1.82, 2.24) is 20.2 Å². The minimum Gasteiger partial charge on any atom is -0.396 e. The number of nitrogens with zero attached hydrogens (tertiary/aromatic N) is 2. The minimum absolute atomic E-state index is 0.0312. The van der Waals surface area contributed by atoms with Gasteiger partial charge in [0.1, 0.15) is 5.82 Å². The van der Waals surface area contributed by atoms with E-state index in [1.807, 2.05) is 24.6 Å². The van der Waals surface area contributed by atoms with E-state index in [0.29, 0.717) is 12.5 Å². The Kier molecular flexibility index (Phi) is 6.51. The summed E-state index contributed by atoms with van der Waals surface area (Å²) in [6.45, 7) is 9.38. The molecule has 1 rings (SSSR count). The Labute approximate surface area is 120 Å². The number of aliphatic hydroxyl groups excluding tert-OH is 1. The van der Waals surface area contributed by atoms with Gasteiger partial charge in [-0.3, -0.25) is 0 Å². The lowest BCUT2D eigenvalue weighted by Crippen LogP contribution is -2.44. The van der Waals surface area contributed by atoms with Gasteiger partial charge in [0, 0.05) is 31.6 Å². The molecule has 6 heteroatoms. The average Bonchev–Trinajstić information content (AvgIpc) is 2.81. The molecule has 0 bridgehead atoms. The van der Waals surface area contributed by atoms with Crippen molar-refractivity contribution in [1.29, 1.82) is 0 Å². The number of aliphatic hydroxyl groups is 1. The van der Waals surface area contributed by atoms with Crippen molar-refractivity contribution in [3.05, 3.63) is 18.2 Å². The van der Waals surface area contributed by atoms with Crippen LogP contribution >= 0.6 is 0 Å². The molecule has 0 aromatic carbocycles. The van der Waals surface area contributed by atoms with Crippen LogP contribution in [0.1, 0.15) is 33.5 Å². The molecule has 0 fully saturated rings. The van der Waals surface area contributed by atoms with E-state index in [4.69, 9.17) is 5.11 Å². The van der Waals surface area contributed by atoms with Gasteiger partial charge in [-0.15, -0.1) is 0 Å². The predicted octanol–water partition coefficient (Wildman–Crippen LogP) is 1.36. The van der Waals surface area contributed by atoms with Gasteiger partial charge in [0.25, 0.3) is 0 Å². The van der Waals surface area contributed by atoms with Crippen LogP contribution in [0.15, 0.2) is 12.4 Å². The molecule has 6 nitrogen and oxygen atoms in total. The standard InChI is InChI=1S/C14H26N4O2/c1-10(2)8-18-6-5-15-13(18)7-16-14(20)17-12(4)11(3)9-19/h5-6,10-12,19H,7-9H2,1-4H3,(H2,16,17,20). The van der Waals surface area contributed by atoms with Crippen molar-refractivity contribution in [2.24, 2.45) is 11.8 Å². The van der Waals surface area contributed by atoms with Crippen LogP contribution in [0.25, 0.3) is 0 Å². The Bertz CT molecular complexity index is 417. The van der Waals surface area contributed by atoms with E-state index in [1.165, 1.54) is 0 Å². The Morgan fingerprint density at radius 2 is 2.10 bits per heavy atom. The quantitative estimate of drug-likeness (QED) is 0.706. The molecule has 0 saturated heterocycles. The fraction of sp³-hybridized carbons (Fsp3) is 0.714. The lowest BCUT2D eigenvalue weighted by Gasteiger charge is -2.19. The van der Waals surface area contributed by atoms with E-state index in [2.05, 4.69) is 29.5 Å². The van der Waals surface area contributed by atoms with Crippen LogP contribution in [-0.4, -0.2) is 33.3 Å². The van der Waals surface area contributed by atoms with Crippen molar-refractivity contribution in [3.8, 4) is 0 Å². The highest BCUT2D eigenvalue weighted by Crippen LogP contribution is 2.04. The molecule has 0 aliphatic rings. The number of hydrogen-bond donors (Lipinski definition) is 3. The molecule has 0 aliphatic carbocycles. The summed E-state index contributed by atoms with van der Waals surface area (Å²) < 4.78 is 2.05. The zero-order chi connectivity index (χ0) is 15.1. The van der Waals surface area contributed by atoms with E-state index in [1.54, 1.807) is 6.20 Å². The molecule has 0 radical (unpaired) electrons. The van der Waals surface area contributed by atoms with Crippen LogP contribution in [0.3, 0.4) is 0 Å². The molecule has 3 N–H and O–H groups in total. The topological polar surface area (TPSA) is 79.2 Å². The number of nitrogens with one attached hydrogen (secondary N) is 2. The summed E-state index contributed by atoms with van der Waals surface area (Å²) in [6.07, 6.45) is 3.67. The Balaban J connectivity index is 2.43. The van der Waals surface area contributed by atoms with Crippen LogP contribution in [0.2, 0.25) is 0 Å². The van der Waals surface area contributed by atoms with Gasteiger partial charge in [-0.1, -0.05) is 20.8 Å². The van der Waals surface area contributed by atoms with E-state index >= 15 is 0 Å². The SMILES string of the molecule is CC(C)Cn1ccnc1CNC(=O)NC(C)C(C)CO. The first-order chi connectivity index (χ1) is 9.43. The molecule has 0 aliphatic heterocycles. The third kappa shape index (κ3) is 5.21. The molecule has 1 aromatic rings. The summed E-state index contributed by atoms with van der Waals surface area (Å²) in [7, 11) is 0. The maximum Gasteiger partial charge on any atom is 0.315 e. The van der Waals surface area contributed by atoms with Crippen LogP contribution in [0.4, 0.5) is 4.79 Å². The first-order valence-electron chi connectivity index (χ1n) is 7.09. The van der Waals surface area contributed by atoms with Gasteiger partial charge >= 0.3 is 6.03 Å². The predicted molar refractivity (Wildman–Crippen MR) is 78.1 cm³/mol. The Hall–Kier alpha value is -1.56. The fourth-order valence-electron chi connectivity index (χ4n) is 1.78. The third-order valence-electron chi connectivity index (χ3n) is 3.27. The van der Waals surface area contributed by atoms with Gasteiger partial charge in [-0.05, 0) is 18.8 Å². The van der Waals surface area contributed by atoms with Gasteiger partial charge in [0.05, 0.1) is 6.54 Å². The van der Waals surface area contributed by atoms with E-state index < -0.39 is 0 Å². The molecule has 114 valence electrons. The lowest BCUT2D eigenvalue weighted by molar-refractivity contribution is 0.200. The zero-order valence-corrected chi connectivity index (χ0v) is 12.8. The first-order valence-corrected chi connectivity index (χ1v) is 7.09. The largest absolute Gasteiger partial charge is 0.396 e. The van der Waals surface area contributed by atoms with E-state index in [9.17, 15) is 4.79 Å². The maximum absolute atomic E-state index is 11.8. The molecule has 0 spiro atoms. The molecule has 2 atom stereocenters. The molecule has 1 heterocycles. The van der Waals surface area contributed by atoms with Gasteiger partial charge < -0.3 is 20.3 Å². The van der Waals surface area contributed by atoms with Gasteiger partial charge in [-0.2, -0.15) is 0 Å². The Morgan fingerprint density at radius 1 is 1.40 bits per heavy atom. The number of imidazole rings is 1. The second kappa shape index (κ2) is 7.89. The molecule has 1 aromatic heterocycles. The van der Waals surface area contributed by atoms with Crippen molar-refractivity contribution >= 4 is 6.03 Å². The van der Waals surface area contributed by atoms with Crippen LogP contribution in [-0.2, 0) is 13.1 Å². The van der Waals surface area contributed by atoms with Gasteiger partial charge in [0.2, 0.25) is 0 Å². The number of urea groups is 1.